The monoisotopic (exact) mass is 263 g/mol. The molecule has 0 unspecified atom stereocenters. The van der Waals surface area contributed by atoms with Crippen molar-refractivity contribution in [2.75, 3.05) is 0 Å². The molecular weight excluding hydrogens is 246 g/mol. The van der Waals surface area contributed by atoms with Crippen molar-refractivity contribution < 1.29 is 4.74 Å². The second-order valence-corrected chi connectivity index (χ2v) is 4.13. The molecular formula is C15H18ClNO. The fourth-order valence-electron chi connectivity index (χ4n) is 1.61. The van der Waals surface area contributed by atoms with E-state index in [2.05, 4.69) is 12.1 Å². The van der Waals surface area contributed by atoms with Crippen molar-refractivity contribution in [2.45, 2.75) is 19.6 Å². The normalized spacial score (nSPS) is 11.4. The second kappa shape index (κ2) is 7.04. The molecule has 0 saturated carbocycles. The molecule has 0 saturated heterocycles. The first-order valence-electron chi connectivity index (χ1n) is 5.78. The molecule has 18 heavy (non-hydrogen) atoms. The first-order chi connectivity index (χ1) is 8.25. The minimum absolute atomic E-state index is 0. The third-order valence-electron chi connectivity index (χ3n) is 2.65. The van der Waals surface area contributed by atoms with Crippen LogP contribution < -0.4 is 10.5 Å². The van der Waals surface area contributed by atoms with E-state index in [1.54, 1.807) is 0 Å². The van der Waals surface area contributed by atoms with Crippen LogP contribution in [0.25, 0.3) is 0 Å². The molecule has 3 heteroatoms. The van der Waals surface area contributed by atoms with E-state index in [0.29, 0.717) is 6.61 Å². The van der Waals surface area contributed by atoms with Gasteiger partial charge in [0.1, 0.15) is 12.4 Å². The molecule has 0 spiro atoms. The Bertz CT molecular complexity index is 454. The molecule has 0 bridgehead atoms. The van der Waals surface area contributed by atoms with Crippen molar-refractivity contribution in [1.29, 1.82) is 0 Å². The average molecular weight is 264 g/mol. The number of halogens is 1. The van der Waals surface area contributed by atoms with Gasteiger partial charge >= 0.3 is 0 Å². The van der Waals surface area contributed by atoms with Gasteiger partial charge in [-0.3, -0.25) is 0 Å². The summed E-state index contributed by atoms with van der Waals surface area (Å²) < 4.78 is 5.69. The Hall–Kier alpha value is -1.51. The molecule has 96 valence electrons. The predicted octanol–water partition coefficient (Wildman–Crippen LogP) is 3.71. The molecule has 0 fully saturated rings. The smallest absolute Gasteiger partial charge is 0.119 e. The van der Waals surface area contributed by atoms with Crippen LogP contribution in [0.15, 0.2) is 54.6 Å². The van der Waals surface area contributed by atoms with Crippen LogP contribution in [0.3, 0.4) is 0 Å². The number of rotatable bonds is 4. The van der Waals surface area contributed by atoms with Crippen LogP contribution in [-0.4, -0.2) is 0 Å². The molecule has 1 atom stereocenters. The number of hydrogen-bond acceptors (Lipinski definition) is 2. The van der Waals surface area contributed by atoms with Crippen LogP contribution in [-0.2, 0) is 6.61 Å². The molecule has 2 rings (SSSR count). The molecule has 2 N–H and O–H groups in total. The Morgan fingerprint density at radius 1 is 1.00 bits per heavy atom. The van der Waals surface area contributed by atoms with Gasteiger partial charge in [-0.2, -0.15) is 0 Å². The molecule has 2 aromatic rings. The average Bonchev–Trinajstić information content (AvgIpc) is 2.38. The van der Waals surface area contributed by atoms with Crippen LogP contribution in [0.1, 0.15) is 24.1 Å². The lowest BCUT2D eigenvalue weighted by atomic mass is 10.1. The minimum Gasteiger partial charge on any atom is -0.489 e. The Labute approximate surface area is 114 Å². The van der Waals surface area contributed by atoms with Gasteiger partial charge in [-0.1, -0.05) is 42.5 Å². The summed E-state index contributed by atoms with van der Waals surface area (Å²) in [6.07, 6.45) is 0. The first kappa shape index (κ1) is 14.6. The van der Waals surface area contributed by atoms with Crippen molar-refractivity contribution in [1.82, 2.24) is 0 Å². The number of benzene rings is 2. The van der Waals surface area contributed by atoms with E-state index in [4.69, 9.17) is 10.5 Å². The first-order valence-corrected chi connectivity index (χ1v) is 5.78. The number of ether oxygens (including phenoxy) is 1. The quantitative estimate of drug-likeness (QED) is 0.913. The van der Waals surface area contributed by atoms with Crippen molar-refractivity contribution in [3.63, 3.8) is 0 Å². The highest BCUT2D eigenvalue weighted by molar-refractivity contribution is 5.85. The zero-order chi connectivity index (χ0) is 12.1. The Morgan fingerprint density at radius 3 is 2.17 bits per heavy atom. The van der Waals surface area contributed by atoms with E-state index < -0.39 is 0 Å². The van der Waals surface area contributed by atoms with Gasteiger partial charge in [0, 0.05) is 6.04 Å². The number of nitrogens with two attached hydrogens (primary N) is 1. The lowest BCUT2D eigenvalue weighted by Gasteiger charge is -2.09. The molecule has 0 amide bonds. The van der Waals surface area contributed by atoms with E-state index >= 15 is 0 Å². The zero-order valence-corrected chi connectivity index (χ0v) is 11.2. The van der Waals surface area contributed by atoms with Gasteiger partial charge in [-0.15, -0.1) is 12.4 Å². The fraction of sp³-hybridized carbons (Fsp3) is 0.200. The summed E-state index contributed by atoms with van der Waals surface area (Å²) in [5.41, 5.74) is 8.08. The van der Waals surface area contributed by atoms with Crippen molar-refractivity contribution in [3.05, 3.63) is 65.7 Å². The summed E-state index contributed by atoms with van der Waals surface area (Å²) >= 11 is 0. The maximum Gasteiger partial charge on any atom is 0.119 e. The van der Waals surface area contributed by atoms with Gasteiger partial charge in [-0.05, 0) is 30.2 Å². The van der Waals surface area contributed by atoms with Gasteiger partial charge < -0.3 is 10.5 Å². The Balaban J connectivity index is 0.00000162. The van der Waals surface area contributed by atoms with E-state index in [-0.39, 0.29) is 18.4 Å². The van der Waals surface area contributed by atoms with Crippen LogP contribution in [0.4, 0.5) is 0 Å². The van der Waals surface area contributed by atoms with Crippen LogP contribution in [0.5, 0.6) is 5.75 Å². The standard InChI is InChI=1S/C15H17NO.ClH/c1-12(16)14-7-9-15(10-8-14)17-11-13-5-3-2-4-6-13;/h2-10,12H,11,16H2,1H3;1H/t12-;/m0./s1. The maximum absolute atomic E-state index is 5.79. The third-order valence-corrected chi connectivity index (χ3v) is 2.65. The minimum atomic E-state index is 0. The van der Waals surface area contributed by atoms with Gasteiger partial charge in [0.15, 0.2) is 0 Å². The lowest BCUT2D eigenvalue weighted by molar-refractivity contribution is 0.306. The number of hydrogen-bond donors (Lipinski definition) is 1. The Morgan fingerprint density at radius 2 is 1.61 bits per heavy atom. The third kappa shape index (κ3) is 4.06. The fourth-order valence-corrected chi connectivity index (χ4v) is 1.61. The van der Waals surface area contributed by atoms with Gasteiger partial charge in [-0.25, -0.2) is 0 Å². The lowest BCUT2D eigenvalue weighted by Crippen LogP contribution is -2.04. The van der Waals surface area contributed by atoms with Crippen molar-refractivity contribution in [2.24, 2.45) is 5.73 Å². The molecule has 0 aliphatic heterocycles. The van der Waals surface area contributed by atoms with Gasteiger partial charge in [0.05, 0.1) is 0 Å². The molecule has 0 aromatic heterocycles. The molecule has 0 radical (unpaired) electrons. The van der Waals surface area contributed by atoms with Crippen LogP contribution in [0.2, 0.25) is 0 Å². The highest BCUT2D eigenvalue weighted by Gasteiger charge is 1.99. The van der Waals surface area contributed by atoms with E-state index in [0.717, 1.165) is 11.3 Å². The van der Waals surface area contributed by atoms with Crippen LogP contribution in [0, 0.1) is 0 Å². The molecule has 0 heterocycles. The van der Waals surface area contributed by atoms with E-state index in [1.807, 2.05) is 49.4 Å². The zero-order valence-electron chi connectivity index (χ0n) is 10.4. The molecule has 0 aliphatic carbocycles. The Kier molecular flexibility index (Phi) is 5.69. The molecule has 2 nitrogen and oxygen atoms in total. The predicted molar refractivity (Wildman–Crippen MR) is 77.1 cm³/mol. The summed E-state index contributed by atoms with van der Waals surface area (Å²) in [6.45, 7) is 2.57. The van der Waals surface area contributed by atoms with E-state index in [1.165, 1.54) is 5.56 Å². The largest absolute Gasteiger partial charge is 0.489 e. The summed E-state index contributed by atoms with van der Waals surface area (Å²) in [4.78, 5) is 0. The topological polar surface area (TPSA) is 35.2 Å². The SMILES string of the molecule is C[C@H](N)c1ccc(OCc2ccccc2)cc1.Cl. The van der Waals surface area contributed by atoms with Crippen molar-refractivity contribution in [3.8, 4) is 5.75 Å². The summed E-state index contributed by atoms with van der Waals surface area (Å²) in [6, 6.07) is 18.1. The van der Waals surface area contributed by atoms with Gasteiger partial charge in [0.2, 0.25) is 0 Å². The maximum atomic E-state index is 5.79. The van der Waals surface area contributed by atoms with E-state index in [9.17, 15) is 0 Å². The summed E-state index contributed by atoms with van der Waals surface area (Å²) in [5.74, 6) is 0.873. The second-order valence-electron chi connectivity index (χ2n) is 4.13. The highest BCUT2D eigenvalue weighted by atomic mass is 35.5. The highest BCUT2D eigenvalue weighted by Crippen LogP contribution is 2.17. The summed E-state index contributed by atoms with van der Waals surface area (Å²) in [5, 5.41) is 0. The molecule has 2 aromatic carbocycles. The van der Waals surface area contributed by atoms with Gasteiger partial charge in [0.25, 0.3) is 0 Å². The van der Waals surface area contributed by atoms with Crippen LogP contribution >= 0.6 is 12.4 Å². The van der Waals surface area contributed by atoms with Crippen molar-refractivity contribution >= 4 is 12.4 Å². The molecule has 0 aliphatic rings. The summed E-state index contributed by atoms with van der Waals surface area (Å²) in [7, 11) is 0.